The van der Waals surface area contributed by atoms with Gasteiger partial charge in [0, 0.05) is 0 Å². The molecule has 0 saturated carbocycles. The fourth-order valence-electron chi connectivity index (χ4n) is 1.29. The van der Waals surface area contributed by atoms with Gasteiger partial charge in [0.25, 0.3) is 0 Å². The molecule has 0 spiro atoms. The number of rotatable bonds is 0. The molecule has 15 heavy (non-hydrogen) atoms. The van der Waals surface area contributed by atoms with Gasteiger partial charge < -0.3 is 14.6 Å². The number of fused-ring (bicyclic) bond motifs is 1. The van der Waals surface area contributed by atoms with Crippen LogP contribution < -0.4 is 5.63 Å². The second-order valence-corrected chi connectivity index (χ2v) is 2.84. The zero-order valence-corrected chi connectivity index (χ0v) is 7.34. The van der Waals surface area contributed by atoms with Crippen molar-refractivity contribution in [1.82, 2.24) is 0 Å². The third kappa shape index (κ3) is 1.18. The summed E-state index contributed by atoms with van der Waals surface area (Å²) < 4.78 is 4.72. The van der Waals surface area contributed by atoms with Crippen LogP contribution in [0.3, 0.4) is 0 Å². The predicted molar refractivity (Wildman–Crippen MR) is 50.6 cm³/mol. The summed E-state index contributed by atoms with van der Waals surface area (Å²) in [5, 5.41) is 27.4. The van der Waals surface area contributed by atoms with Crippen molar-refractivity contribution in [2.45, 2.75) is 0 Å². The molecule has 0 fully saturated rings. The smallest absolute Gasteiger partial charge is 0.507 e. The van der Waals surface area contributed by atoms with Gasteiger partial charge in [-0.1, -0.05) is 6.07 Å². The van der Waals surface area contributed by atoms with E-state index in [0.717, 1.165) is 0 Å². The highest BCUT2D eigenvalue weighted by Gasteiger charge is 2.26. The Kier molecular flexibility index (Phi) is 1.80. The number of phenols is 1. The first kappa shape index (κ1) is 9.02. The van der Waals surface area contributed by atoms with Gasteiger partial charge in [-0.15, -0.1) is 0 Å². The predicted octanol–water partition coefficient (Wildman–Crippen LogP) is 1.69. The van der Waals surface area contributed by atoms with Crippen molar-refractivity contribution in [1.29, 1.82) is 5.39 Å². The highest BCUT2D eigenvalue weighted by Crippen LogP contribution is 2.36. The highest BCUT2D eigenvalue weighted by atomic mass is 16.4. The van der Waals surface area contributed by atoms with E-state index in [1.807, 2.05) is 0 Å². The molecule has 0 aliphatic rings. The molecule has 0 aliphatic heterocycles. The third-order valence-corrected chi connectivity index (χ3v) is 1.96. The van der Waals surface area contributed by atoms with Gasteiger partial charge in [-0.2, -0.15) is 0 Å². The molecule has 1 aromatic heterocycles. The van der Waals surface area contributed by atoms with Crippen molar-refractivity contribution in [2.75, 3.05) is 0 Å². The van der Waals surface area contributed by atoms with Crippen LogP contribution in [0.15, 0.2) is 27.4 Å². The lowest BCUT2D eigenvalue weighted by atomic mass is 10.2. The second kappa shape index (κ2) is 2.99. The number of phenolic OH excluding ortho intramolecular Hbond substituents is 1. The first-order valence-corrected chi connectivity index (χ1v) is 3.98. The van der Waals surface area contributed by atoms with E-state index in [-0.39, 0.29) is 16.7 Å². The minimum Gasteiger partial charge on any atom is -0.507 e. The maximum absolute atomic E-state index is 11.1. The van der Waals surface area contributed by atoms with E-state index in [4.69, 9.17) is 9.81 Å². The Bertz CT molecular complexity index is 639. The summed E-state index contributed by atoms with van der Waals surface area (Å²) in [7, 11) is 0. The Morgan fingerprint density at radius 1 is 1.33 bits per heavy atom. The van der Waals surface area contributed by atoms with E-state index in [0.29, 0.717) is 0 Å². The molecule has 0 bridgehead atoms. The van der Waals surface area contributed by atoms with Crippen molar-refractivity contribution in [3.8, 4) is 11.5 Å². The minimum absolute atomic E-state index is 0.0184. The number of hydrogen-bond donors (Lipinski definition) is 2. The summed E-state index contributed by atoms with van der Waals surface area (Å²) in [4.78, 5) is 13.7. The molecule has 6 heteroatoms. The molecule has 2 N–H and O–H groups in total. The monoisotopic (exact) mass is 205 g/mol. The van der Waals surface area contributed by atoms with E-state index >= 15 is 0 Å². The molecule has 1 aromatic carbocycles. The quantitative estimate of drug-likeness (QED) is 0.503. The summed E-state index contributed by atoms with van der Waals surface area (Å²) in [6.45, 7) is 0. The van der Waals surface area contributed by atoms with Gasteiger partial charge in [-0.25, -0.2) is 4.79 Å². The van der Waals surface area contributed by atoms with Crippen molar-refractivity contribution in [2.24, 2.45) is 0 Å². The van der Waals surface area contributed by atoms with Crippen LogP contribution in [0, 0.1) is 5.39 Å². The first-order valence-electron chi connectivity index (χ1n) is 3.98. The molecule has 2 aromatic rings. The maximum Gasteiger partial charge on any atom is 0.510 e. The van der Waals surface area contributed by atoms with Crippen molar-refractivity contribution in [3.05, 3.63) is 33.6 Å². The van der Waals surface area contributed by atoms with E-state index in [1.165, 1.54) is 18.2 Å². The molecule has 0 amide bonds. The van der Waals surface area contributed by atoms with Gasteiger partial charge >= 0.3 is 11.3 Å². The topological polar surface area (TPSA) is 98.8 Å². The van der Waals surface area contributed by atoms with Gasteiger partial charge in [0.05, 0.1) is 0 Å². The standard InChI is InChI=1S/C9H4N2O4/c10-11-7-8(13)6-4(12)2-1-3-5(6)15-9(7)14/h1-3H,(H-,12,13,14)/p+1. The molecule has 1 heterocycles. The van der Waals surface area contributed by atoms with Crippen LogP contribution in [0.2, 0.25) is 0 Å². The number of nitrogens with zero attached hydrogens (tertiary/aromatic N) is 2. The molecule has 0 saturated heterocycles. The second-order valence-electron chi connectivity index (χ2n) is 2.84. The first-order chi connectivity index (χ1) is 7.15. The largest absolute Gasteiger partial charge is 0.510 e. The molecule has 74 valence electrons. The molecular formula is C9H5N2O4+. The molecule has 0 radical (unpaired) electrons. The Balaban J connectivity index is 3.08. The van der Waals surface area contributed by atoms with Crippen LogP contribution in [0.1, 0.15) is 0 Å². The Morgan fingerprint density at radius 3 is 2.73 bits per heavy atom. The van der Waals surface area contributed by atoms with Crippen LogP contribution >= 0.6 is 0 Å². The SMILES string of the molecule is N#[N+]c1c(O)c2c(O)cccc2oc1=O. The van der Waals surface area contributed by atoms with Crippen molar-refractivity contribution in [3.63, 3.8) is 0 Å². The van der Waals surface area contributed by atoms with Gasteiger partial charge in [0.2, 0.25) is 11.1 Å². The lowest BCUT2D eigenvalue weighted by molar-refractivity contribution is 0.456. The minimum atomic E-state index is -0.979. The Labute approximate surface area is 82.6 Å². The van der Waals surface area contributed by atoms with E-state index in [9.17, 15) is 15.0 Å². The molecule has 0 unspecified atom stereocenters. The lowest BCUT2D eigenvalue weighted by Crippen LogP contribution is -1.97. The normalized spacial score (nSPS) is 10.1. The average molecular weight is 205 g/mol. The van der Waals surface area contributed by atoms with Crippen LogP contribution in [0.4, 0.5) is 5.69 Å². The van der Waals surface area contributed by atoms with Gasteiger partial charge in [-0.3, -0.25) is 0 Å². The Hall–Kier alpha value is -2.55. The fraction of sp³-hybridized carbons (Fsp3) is 0. The van der Waals surface area contributed by atoms with E-state index in [2.05, 4.69) is 4.98 Å². The molecular weight excluding hydrogens is 200 g/mol. The molecule has 6 nitrogen and oxygen atoms in total. The van der Waals surface area contributed by atoms with Gasteiger partial charge in [0.15, 0.2) is 4.98 Å². The lowest BCUT2D eigenvalue weighted by Gasteiger charge is -1.98. The maximum atomic E-state index is 11.1. The van der Waals surface area contributed by atoms with Crippen LogP contribution in [0.25, 0.3) is 15.9 Å². The number of diazo groups is 1. The number of hydrogen-bond acceptors (Lipinski definition) is 5. The zero-order valence-electron chi connectivity index (χ0n) is 7.34. The van der Waals surface area contributed by atoms with Gasteiger partial charge in [-0.05, 0) is 12.1 Å². The van der Waals surface area contributed by atoms with Crippen molar-refractivity contribution < 1.29 is 14.6 Å². The van der Waals surface area contributed by atoms with Crippen LogP contribution in [-0.4, -0.2) is 10.2 Å². The summed E-state index contributed by atoms with van der Waals surface area (Å²) >= 11 is 0. The summed E-state index contributed by atoms with van der Waals surface area (Å²) in [5.74, 6) is -0.875. The Morgan fingerprint density at radius 2 is 2.07 bits per heavy atom. The average Bonchev–Trinajstić information content (AvgIpc) is 2.17. The number of benzene rings is 1. The van der Waals surface area contributed by atoms with E-state index < -0.39 is 17.1 Å². The summed E-state index contributed by atoms with van der Waals surface area (Å²) in [6.07, 6.45) is 0. The van der Waals surface area contributed by atoms with E-state index in [1.54, 1.807) is 0 Å². The molecule has 0 atom stereocenters. The zero-order chi connectivity index (χ0) is 11.0. The summed E-state index contributed by atoms with van der Waals surface area (Å²) in [5.41, 5.74) is -1.60. The van der Waals surface area contributed by atoms with Crippen molar-refractivity contribution >= 4 is 16.7 Å². The van der Waals surface area contributed by atoms with Crippen LogP contribution in [-0.2, 0) is 0 Å². The molecule has 0 aliphatic carbocycles. The van der Waals surface area contributed by atoms with Gasteiger partial charge in [0.1, 0.15) is 16.7 Å². The molecule has 2 rings (SSSR count). The number of aromatic hydroxyl groups is 2. The summed E-state index contributed by atoms with van der Waals surface area (Å²) in [6, 6.07) is 4.16. The third-order valence-electron chi connectivity index (χ3n) is 1.96. The van der Waals surface area contributed by atoms with Crippen LogP contribution in [0.5, 0.6) is 11.5 Å². The highest BCUT2D eigenvalue weighted by molar-refractivity contribution is 5.93. The fourth-order valence-corrected chi connectivity index (χ4v) is 1.29.